The molecule has 0 aliphatic carbocycles. The first-order valence-corrected chi connectivity index (χ1v) is 7.07. The smallest absolute Gasteiger partial charge is 0.213 e. The summed E-state index contributed by atoms with van der Waals surface area (Å²) in [6, 6.07) is 5.53. The van der Waals surface area contributed by atoms with Crippen molar-refractivity contribution in [2.75, 3.05) is 13.7 Å². The van der Waals surface area contributed by atoms with Crippen molar-refractivity contribution in [3.63, 3.8) is 0 Å². The normalized spacial score (nSPS) is 25.8. The maximum absolute atomic E-state index is 12.2. The first kappa shape index (κ1) is 12.5. The van der Waals surface area contributed by atoms with E-state index in [0.717, 1.165) is 12.1 Å². The molecule has 94 valence electrons. The van der Waals surface area contributed by atoms with E-state index in [-0.39, 0.29) is 11.4 Å². The first-order chi connectivity index (χ1) is 8.20. The number of pyridine rings is 1. The van der Waals surface area contributed by atoms with Crippen LogP contribution in [0.5, 0.6) is 5.88 Å². The van der Waals surface area contributed by atoms with Crippen LogP contribution in [0.3, 0.4) is 0 Å². The molecule has 0 aromatic carbocycles. The molecule has 5 heteroatoms. The number of aromatic nitrogens is 1. The van der Waals surface area contributed by atoms with Gasteiger partial charge in [-0.05, 0) is 19.4 Å². The minimum Gasteiger partial charge on any atom is -0.481 e. The van der Waals surface area contributed by atoms with Crippen LogP contribution in [0.4, 0.5) is 0 Å². The standard InChI is InChI=1S/C12H17NO3S/c1-9-11(6-7-16-9)17(14)8-10-4-3-5-12(13-10)15-2/h3-5,9,11H,6-8H2,1-2H3. The van der Waals surface area contributed by atoms with Gasteiger partial charge < -0.3 is 9.47 Å². The Labute approximate surface area is 104 Å². The predicted octanol–water partition coefficient (Wildman–Crippen LogP) is 1.52. The minimum atomic E-state index is -0.930. The van der Waals surface area contributed by atoms with Crippen molar-refractivity contribution >= 4 is 10.8 Å². The topological polar surface area (TPSA) is 48.4 Å². The molecule has 0 bridgehead atoms. The lowest BCUT2D eigenvalue weighted by molar-refractivity contribution is 0.127. The number of nitrogens with zero attached hydrogens (tertiary/aromatic N) is 1. The van der Waals surface area contributed by atoms with E-state index in [9.17, 15) is 4.21 Å². The van der Waals surface area contributed by atoms with E-state index in [1.807, 2.05) is 19.1 Å². The molecule has 2 rings (SSSR count). The highest BCUT2D eigenvalue weighted by Crippen LogP contribution is 2.21. The fourth-order valence-electron chi connectivity index (χ4n) is 1.96. The minimum absolute atomic E-state index is 0.0847. The van der Waals surface area contributed by atoms with E-state index in [0.29, 0.717) is 18.2 Å². The van der Waals surface area contributed by atoms with Gasteiger partial charge in [0, 0.05) is 23.5 Å². The van der Waals surface area contributed by atoms with Crippen LogP contribution < -0.4 is 4.74 Å². The van der Waals surface area contributed by atoms with Crippen molar-refractivity contribution in [2.45, 2.75) is 30.5 Å². The second kappa shape index (κ2) is 5.60. The van der Waals surface area contributed by atoms with Gasteiger partial charge in [-0.3, -0.25) is 4.21 Å². The zero-order chi connectivity index (χ0) is 12.3. The fourth-order valence-corrected chi connectivity index (χ4v) is 3.49. The van der Waals surface area contributed by atoms with Gasteiger partial charge in [-0.25, -0.2) is 4.98 Å². The lowest BCUT2D eigenvalue weighted by Crippen LogP contribution is -2.24. The average molecular weight is 255 g/mol. The van der Waals surface area contributed by atoms with Gasteiger partial charge in [-0.2, -0.15) is 0 Å². The molecule has 1 aliphatic heterocycles. The van der Waals surface area contributed by atoms with E-state index in [2.05, 4.69) is 4.98 Å². The first-order valence-electron chi connectivity index (χ1n) is 5.69. The Morgan fingerprint density at radius 2 is 2.41 bits per heavy atom. The van der Waals surface area contributed by atoms with Crippen LogP contribution in [0.2, 0.25) is 0 Å². The molecule has 0 amide bonds. The molecule has 4 nitrogen and oxygen atoms in total. The lowest BCUT2D eigenvalue weighted by Gasteiger charge is -2.13. The summed E-state index contributed by atoms with van der Waals surface area (Å²) in [4.78, 5) is 4.27. The van der Waals surface area contributed by atoms with Crippen LogP contribution in [0.15, 0.2) is 18.2 Å². The third-order valence-electron chi connectivity index (χ3n) is 2.92. The van der Waals surface area contributed by atoms with Crippen LogP contribution in [0, 0.1) is 0 Å². The zero-order valence-corrected chi connectivity index (χ0v) is 10.9. The van der Waals surface area contributed by atoms with Crippen LogP contribution >= 0.6 is 0 Å². The molecule has 1 aromatic rings. The van der Waals surface area contributed by atoms with E-state index in [1.165, 1.54) is 0 Å². The monoisotopic (exact) mass is 255 g/mol. The number of hydrogen-bond donors (Lipinski definition) is 0. The van der Waals surface area contributed by atoms with Gasteiger partial charge in [0.25, 0.3) is 0 Å². The molecule has 3 atom stereocenters. The molecule has 2 heterocycles. The Kier molecular flexibility index (Phi) is 4.12. The maximum Gasteiger partial charge on any atom is 0.213 e. The highest BCUT2D eigenvalue weighted by atomic mass is 32.2. The number of rotatable bonds is 4. The van der Waals surface area contributed by atoms with Crippen LogP contribution in [0.1, 0.15) is 19.0 Å². The predicted molar refractivity (Wildman–Crippen MR) is 66.5 cm³/mol. The van der Waals surface area contributed by atoms with E-state index in [4.69, 9.17) is 9.47 Å². The second-order valence-electron chi connectivity index (χ2n) is 4.10. The quantitative estimate of drug-likeness (QED) is 0.818. The lowest BCUT2D eigenvalue weighted by atomic mass is 10.3. The van der Waals surface area contributed by atoms with Gasteiger partial charge in [0.1, 0.15) is 0 Å². The summed E-state index contributed by atoms with van der Waals surface area (Å²) in [5.74, 6) is 1.03. The number of ether oxygens (including phenoxy) is 2. The van der Waals surface area contributed by atoms with Crippen molar-refractivity contribution < 1.29 is 13.7 Å². The average Bonchev–Trinajstić information content (AvgIpc) is 2.76. The van der Waals surface area contributed by atoms with Gasteiger partial charge >= 0.3 is 0 Å². The van der Waals surface area contributed by atoms with Gasteiger partial charge in [-0.15, -0.1) is 0 Å². The molecular weight excluding hydrogens is 238 g/mol. The van der Waals surface area contributed by atoms with Gasteiger partial charge in [0.15, 0.2) is 0 Å². The zero-order valence-electron chi connectivity index (χ0n) is 10.1. The molecule has 0 saturated carbocycles. The molecule has 1 saturated heterocycles. The largest absolute Gasteiger partial charge is 0.481 e. The second-order valence-corrected chi connectivity index (χ2v) is 5.76. The van der Waals surface area contributed by atoms with Gasteiger partial charge in [-0.1, -0.05) is 6.07 Å². The highest BCUT2D eigenvalue weighted by molar-refractivity contribution is 7.84. The van der Waals surface area contributed by atoms with Crippen molar-refractivity contribution in [2.24, 2.45) is 0 Å². The van der Waals surface area contributed by atoms with E-state index in [1.54, 1.807) is 13.2 Å². The van der Waals surface area contributed by atoms with Crippen LogP contribution in [-0.4, -0.2) is 34.3 Å². The number of methoxy groups -OCH3 is 1. The molecule has 0 radical (unpaired) electrons. The van der Waals surface area contributed by atoms with Gasteiger partial charge in [0.2, 0.25) is 5.88 Å². The SMILES string of the molecule is COc1cccc(CS(=O)C2CCOC2C)n1. The van der Waals surface area contributed by atoms with E-state index >= 15 is 0 Å². The summed E-state index contributed by atoms with van der Waals surface area (Å²) >= 11 is 0. The third kappa shape index (κ3) is 3.04. The molecule has 0 N–H and O–H groups in total. The molecular formula is C12H17NO3S. The van der Waals surface area contributed by atoms with Gasteiger partial charge in [0.05, 0.1) is 29.9 Å². The summed E-state index contributed by atoms with van der Waals surface area (Å²) in [5, 5.41) is 0.128. The summed E-state index contributed by atoms with van der Waals surface area (Å²) in [6.07, 6.45) is 0.957. The molecule has 17 heavy (non-hydrogen) atoms. The maximum atomic E-state index is 12.2. The third-order valence-corrected chi connectivity index (χ3v) is 4.80. The molecule has 1 aromatic heterocycles. The van der Waals surface area contributed by atoms with Crippen molar-refractivity contribution in [3.05, 3.63) is 23.9 Å². The fraction of sp³-hybridized carbons (Fsp3) is 0.583. The summed E-state index contributed by atoms with van der Waals surface area (Å²) < 4.78 is 22.7. The molecule has 1 aliphatic rings. The molecule has 0 spiro atoms. The van der Waals surface area contributed by atoms with Crippen molar-refractivity contribution in [3.8, 4) is 5.88 Å². The van der Waals surface area contributed by atoms with Crippen molar-refractivity contribution in [1.29, 1.82) is 0 Å². The highest BCUT2D eigenvalue weighted by Gasteiger charge is 2.29. The Bertz CT molecular complexity index is 410. The van der Waals surface area contributed by atoms with Crippen LogP contribution in [0.25, 0.3) is 0 Å². The summed E-state index contributed by atoms with van der Waals surface area (Å²) in [6.45, 7) is 2.69. The van der Waals surface area contributed by atoms with Crippen LogP contribution in [-0.2, 0) is 21.3 Å². The molecule has 3 unspecified atom stereocenters. The summed E-state index contributed by atoms with van der Waals surface area (Å²) in [7, 11) is 0.650. The molecule has 1 fully saturated rings. The number of hydrogen-bond acceptors (Lipinski definition) is 4. The van der Waals surface area contributed by atoms with E-state index < -0.39 is 10.8 Å². The Morgan fingerprint density at radius 3 is 3.06 bits per heavy atom. The van der Waals surface area contributed by atoms with Crippen molar-refractivity contribution in [1.82, 2.24) is 4.98 Å². The Morgan fingerprint density at radius 1 is 1.59 bits per heavy atom. The Balaban J connectivity index is 2.02. The Hall–Kier alpha value is -0.940. The summed E-state index contributed by atoms with van der Waals surface area (Å²) in [5.41, 5.74) is 0.807.